The number of aromatic nitrogens is 1. The van der Waals surface area contributed by atoms with Gasteiger partial charge in [0.2, 0.25) is 0 Å². The molecule has 4 nitrogen and oxygen atoms in total. The molecule has 0 spiro atoms. The Morgan fingerprint density at radius 2 is 2.10 bits per heavy atom. The molecular formula is C16H17N3O. The van der Waals surface area contributed by atoms with Crippen molar-refractivity contribution in [2.45, 2.75) is 19.5 Å². The Morgan fingerprint density at radius 3 is 2.85 bits per heavy atom. The first kappa shape index (κ1) is 14.0. The predicted molar refractivity (Wildman–Crippen MR) is 77.0 cm³/mol. The van der Waals surface area contributed by atoms with Crippen LogP contribution in [0.15, 0.2) is 48.8 Å². The van der Waals surface area contributed by atoms with Crippen LogP contribution < -0.4 is 10.1 Å². The van der Waals surface area contributed by atoms with Crippen LogP contribution in [0.1, 0.15) is 24.1 Å². The van der Waals surface area contributed by atoms with Gasteiger partial charge in [-0.3, -0.25) is 4.98 Å². The minimum Gasteiger partial charge on any atom is -0.479 e. The minimum atomic E-state index is 0.0737. The van der Waals surface area contributed by atoms with Gasteiger partial charge in [-0.15, -0.1) is 0 Å². The van der Waals surface area contributed by atoms with Crippen LogP contribution in [0, 0.1) is 11.3 Å². The van der Waals surface area contributed by atoms with E-state index in [1.807, 2.05) is 42.5 Å². The predicted octanol–water partition coefficient (Wildman–Crippen LogP) is 2.83. The van der Waals surface area contributed by atoms with Gasteiger partial charge in [0.15, 0.2) is 6.61 Å². The highest BCUT2D eigenvalue weighted by atomic mass is 16.5. The first-order valence-corrected chi connectivity index (χ1v) is 6.51. The zero-order valence-electron chi connectivity index (χ0n) is 11.4. The quantitative estimate of drug-likeness (QED) is 0.874. The molecule has 20 heavy (non-hydrogen) atoms. The van der Waals surface area contributed by atoms with Crippen LogP contribution in [0.5, 0.6) is 5.75 Å². The molecule has 4 heteroatoms. The Labute approximate surface area is 119 Å². The maximum atomic E-state index is 8.51. The third-order valence-corrected chi connectivity index (χ3v) is 3.02. The molecule has 0 aliphatic heterocycles. The lowest BCUT2D eigenvalue weighted by Gasteiger charge is -2.14. The maximum Gasteiger partial charge on any atom is 0.174 e. The number of pyridine rings is 1. The smallest absolute Gasteiger partial charge is 0.174 e. The molecule has 102 valence electrons. The van der Waals surface area contributed by atoms with Gasteiger partial charge in [-0.25, -0.2) is 0 Å². The van der Waals surface area contributed by atoms with E-state index in [2.05, 4.69) is 17.2 Å². The van der Waals surface area contributed by atoms with E-state index in [0.29, 0.717) is 0 Å². The van der Waals surface area contributed by atoms with Gasteiger partial charge in [0.1, 0.15) is 11.8 Å². The first-order chi connectivity index (χ1) is 9.79. The molecule has 0 saturated heterocycles. The van der Waals surface area contributed by atoms with E-state index >= 15 is 0 Å². The van der Waals surface area contributed by atoms with Gasteiger partial charge >= 0.3 is 0 Å². The van der Waals surface area contributed by atoms with E-state index in [1.165, 1.54) is 5.56 Å². The Hall–Kier alpha value is -2.38. The Kier molecular flexibility index (Phi) is 5.10. The van der Waals surface area contributed by atoms with E-state index in [9.17, 15) is 0 Å². The monoisotopic (exact) mass is 267 g/mol. The average Bonchev–Trinajstić information content (AvgIpc) is 2.52. The number of benzene rings is 1. The third kappa shape index (κ3) is 4.08. The number of hydrogen-bond donors (Lipinski definition) is 1. The van der Waals surface area contributed by atoms with Gasteiger partial charge in [-0.1, -0.05) is 12.1 Å². The molecule has 0 unspecified atom stereocenters. The zero-order valence-corrected chi connectivity index (χ0v) is 11.4. The van der Waals surface area contributed by atoms with Gasteiger partial charge in [-0.2, -0.15) is 5.26 Å². The lowest BCUT2D eigenvalue weighted by atomic mass is 10.1. The lowest BCUT2D eigenvalue weighted by Crippen LogP contribution is -2.18. The second-order valence-corrected chi connectivity index (χ2v) is 4.48. The fraction of sp³-hybridized carbons (Fsp3) is 0.250. The summed E-state index contributed by atoms with van der Waals surface area (Å²) in [5.41, 5.74) is 2.33. The Morgan fingerprint density at radius 1 is 1.30 bits per heavy atom. The van der Waals surface area contributed by atoms with Crippen LogP contribution in [0.3, 0.4) is 0 Å². The van der Waals surface area contributed by atoms with Crippen LogP contribution in [-0.4, -0.2) is 11.6 Å². The molecule has 1 aromatic carbocycles. The van der Waals surface area contributed by atoms with Crippen molar-refractivity contribution >= 4 is 0 Å². The molecule has 0 fully saturated rings. The summed E-state index contributed by atoms with van der Waals surface area (Å²) in [6.07, 6.45) is 3.59. The van der Waals surface area contributed by atoms with E-state index in [1.54, 1.807) is 12.4 Å². The largest absolute Gasteiger partial charge is 0.479 e. The summed E-state index contributed by atoms with van der Waals surface area (Å²) in [6, 6.07) is 14.0. The fourth-order valence-electron chi connectivity index (χ4n) is 1.90. The standard InChI is InChI=1S/C16H17N3O/c1-13(15-5-8-18-9-6-15)19-12-14-3-2-4-16(11-14)20-10-7-17/h2-6,8-9,11,13,19H,10,12H2,1H3/t13-/m0/s1. The van der Waals surface area contributed by atoms with E-state index in [0.717, 1.165) is 17.9 Å². The van der Waals surface area contributed by atoms with Gasteiger partial charge < -0.3 is 10.1 Å². The van der Waals surface area contributed by atoms with Gasteiger partial charge in [0.25, 0.3) is 0 Å². The van der Waals surface area contributed by atoms with Crippen LogP contribution in [-0.2, 0) is 6.54 Å². The highest BCUT2D eigenvalue weighted by Gasteiger charge is 2.04. The second-order valence-electron chi connectivity index (χ2n) is 4.48. The molecule has 2 aromatic rings. The summed E-state index contributed by atoms with van der Waals surface area (Å²) in [6.45, 7) is 2.93. The maximum absolute atomic E-state index is 8.51. The molecule has 0 saturated carbocycles. The molecule has 0 bridgehead atoms. The molecule has 1 aromatic heterocycles. The van der Waals surface area contributed by atoms with Crippen LogP contribution in [0.4, 0.5) is 0 Å². The molecule has 1 N–H and O–H groups in total. The van der Waals surface area contributed by atoms with Crippen molar-refractivity contribution in [2.75, 3.05) is 6.61 Å². The SMILES string of the molecule is C[C@H](NCc1cccc(OCC#N)c1)c1ccncc1. The average molecular weight is 267 g/mol. The van der Waals surface area contributed by atoms with Crippen molar-refractivity contribution in [1.82, 2.24) is 10.3 Å². The Bertz CT molecular complexity index is 578. The number of ether oxygens (including phenoxy) is 1. The lowest BCUT2D eigenvalue weighted by molar-refractivity contribution is 0.367. The van der Waals surface area contributed by atoms with Crippen molar-refractivity contribution < 1.29 is 4.74 Å². The molecule has 0 radical (unpaired) electrons. The van der Waals surface area contributed by atoms with Crippen molar-refractivity contribution in [3.8, 4) is 11.8 Å². The van der Waals surface area contributed by atoms with Crippen molar-refractivity contribution in [3.63, 3.8) is 0 Å². The Balaban J connectivity index is 1.92. The number of nitriles is 1. The highest BCUT2D eigenvalue weighted by molar-refractivity contribution is 5.29. The van der Waals surface area contributed by atoms with Crippen LogP contribution in [0.25, 0.3) is 0 Å². The summed E-state index contributed by atoms with van der Waals surface area (Å²) in [5.74, 6) is 0.724. The normalized spacial score (nSPS) is 11.6. The molecule has 1 heterocycles. The van der Waals surface area contributed by atoms with Crippen LogP contribution >= 0.6 is 0 Å². The number of rotatable bonds is 6. The molecule has 0 amide bonds. The topological polar surface area (TPSA) is 57.9 Å². The van der Waals surface area contributed by atoms with E-state index in [-0.39, 0.29) is 12.6 Å². The van der Waals surface area contributed by atoms with Crippen molar-refractivity contribution in [1.29, 1.82) is 5.26 Å². The molecule has 2 rings (SSSR count). The number of nitrogens with one attached hydrogen (secondary N) is 1. The van der Waals surface area contributed by atoms with Gasteiger partial charge in [0, 0.05) is 25.0 Å². The first-order valence-electron chi connectivity index (χ1n) is 6.51. The summed E-state index contributed by atoms with van der Waals surface area (Å²) in [4.78, 5) is 4.02. The summed E-state index contributed by atoms with van der Waals surface area (Å²) in [7, 11) is 0. The van der Waals surface area contributed by atoms with Gasteiger partial charge in [0.05, 0.1) is 0 Å². The number of nitrogens with zero attached hydrogens (tertiary/aromatic N) is 2. The van der Waals surface area contributed by atoms with Gasteiger partial charge in [-0.05, 0) is 42.3 Å². The summed E-state index contributed by atoms with van der Waals surface area (Å²) >= 11 is 0. The zero-order chi connectivity index (χ0) is 14.2. The van der Waals surface area contributed by atoms with E-state index in [4.69, 9.17) is 10.00 Å². The summed E-state index contributed by atoms with van der Waals surface area (Å²) < 4.78 is 5.29. The third-order valence-electron chi connectivity index (χ3n) is 3.02. The minimum absolute atomic E-state index is 0.0737. The molecular weight excluding hydrogens is 250 g/mol. The van der Waals surface area contributed by atoms with E-state index < -0.39 is 0 Å². The van der Waals surface area contributed by atoms with Crippen molar-refractivity contribution in [2.24, 2.45) is 0 Å². The molecule has 0 aliphatic carbocycles. The second kappa shape index (κ2) is 7.27. The van der Waals surface area contributed by atoms with Crippen LogP contribution in [0.2, 0.25) is 0 Å². The fourth-order valence-corrected chi connectivity index (χ4v) is 1.90. The van der Waals surface area contributed by atoms with Crippen molar-refractivity contribution in [3.05, 3.63) is 59.9 Å². The highest BCUT2D eigenvalue weighted by Crippen LogP contribution is 2.15. The molecule has 1 atom stereocenters. The molecule has 0 aliphatic rings. The number of hydrogen-bond acceptors (Lipinski definition) is 4. The summed E-state index contributed by atoms with van der Waals surface area (Å²) in [5, 5.41) is 12.0.